The van der Waals surface area contributed by atoms with E-state index in [2.05, 4.69) is 24.1 Å². The summed E-state index contributed by atoms with van der Waals surface area (Å²) in [5, 5.41) is 3.82. The van der Waals surface area contributed by atoms with Crippen molar-refractivity contribution in [3.63, 3.8) is 0 Å². The topological polar surface area (TPSA) is 58.4 Å². The zero-order valence-corrected chi connectivity index (χ0v) is 10.9. The molecule has 0 saturated heterocycles. The number of thiophene rings is 1. The number of nitrogens with one attached hydrogen (secondary N) is 1. The molecule has 5 heteroatoms. The lowest BCUT2D eigenvalue weighted by atomic mass is 10.3. The summed E-state index contributed by atoms with van der Waals surface area (Å²) in [5.74, 6) is -0.0802. The average Bonchev–Trinajstić information content (AvgIpc) is 2.63. The molecule has 0 unspecified atom stereocenters. The standard InChI is InChI=1S/C11H19N3OS/c1-4-13-11(15)10-8(12)7-9(16-10)14(5-2)6-3/h7H,4-6,12H2,1-3H3,(H,13,15). The van der Waals surface area contributed by atoms with E-state index in [1.165, 1.54) is 11.3 Å². The van der Waals surface area contributed by atoms with Gasteiger partial charge in [0.05, 0.1) is 10.7 Å². The van der Waals surface area contributed by atoms with Gasteiger partial charge in [-0.3, -0.25) is 4.79 Å². The molecular weight excluding hydrogens is 222 g/mol. The molecule has 3 N–H and O–H groups in total. The summed E-state index contributed by atoms with van der Waals surface area (Å²) < 4.78 is 0. The molecule has 0 aromatic carbocycles. The van der Waals surface area contributed by atoms with E-state index in [9.17, 15) is 4.79 Å². The molecule has 0 fully saturated rings. The molecule has 90 valence electrons. The third-order valence-corrected chi connectivity index (χ3v) is 3.58. The van der Waals surface area contributed by atoms with Gasteiger partial charge in [0.2, 0.25) is 0 Å². The van der Waals surface area contributed by atoms with Crippen LogP contribution in [0.25, 0.3) is 0 Å². The number of carbonyl (C=O) groups excluding carboxylic acids is 1. The van der Waals surface area contributed by atoms with Crippen molar-refractivity contribution in [3.8, 4) is 0 Å². The van der Waals surface area contributed by atoms with Crippen LogP contribution in [0, 0.1) is 0 Å². The van der Waals surface area contributed by atoms with Gasteiger partial charge < -0.3 is 16.0 Å². The summed E-state index contributed by atoms with van der Waals surface area (Å²) in [4.78, 5) is 14.5. The van der Waals surface area contributed by atoms with Crippen LogP contribution in [-0.2, 0) is 0 Å². The lowest BCUT2D eigenvalue weighted by molar-refractivity contribution is 0.0960. The van der Waals surface area contributed by atoms with E-state index in [-0.39, 0.29) is 5.91 Å². The molecule has 0 aliphatic carbocycles. The number of rotatable bonds is 5. The van der Waals surface area contributed by atoms with Crippen LogP contribution in [0.5, 0.6) is 0 Å². The number of carbonyl (C=O) groups is 1. The van der Waals surface area contributed by atoms with Gasteiger partial charge in [0.25, 0.3) is 5.91 Å². The Kier molecular flexibility index (Phi) is 4.61. The largest absolute Gasteiger partial charge is 0.397 e. The second-order valence-electron chi connectivity index (χ2n) is 3.40. The van der Waals surface area contributed by atoms with Crippen LogP contribution in [0.3, 0.4) is 0 Å². The molecular formula is C11H19N3OS. The zero-order valence-electron chi connectivity index (χ0n) is 10.0. The Morgan fingerprint density at radius 3 is 2.56 bits per heavy atom. The summed E-state index contributed by atoms with van der Waals surface area (Å²) in [6, 6.07) is 1.88. The predicted octanol–water partition coefficient (Wildman–Crippen LogP) is 1.93. The summed E-state index contributed by atoms with van der Waals surface area (Å²) in [5.41, 5.74) is 6.41. The number of nitrogens with zero attached hydrogens (tertiary/aromatic N) is 1. The first-order valence-electron chi connectivity index (χ1n) is 5.56. The van der Waals surface area contributed by atoms with Crippen molar-refractivity contribution in [1.82, 2.24) is 5.32 Å². The molecule has 1 amide bonds. The number of hydrogen-bond donors (Lipinski definition) is 2. The van der Waals surface area contributed by atoms with Crippen LogP contribution in [0.2, 0.25) is 0 Å². The highest BCUT2D eigenvalue weighted by Crippen LogP contribution is 2.31. The van der Waals surface area contributed by atoms with Crippen molar-refractivity contribution in [2.24, 2.45) is 0 Å². The van der Waals surface area contributed by atoms with Crippen molar-refractivity contribution in [1.29, 1.82) is 0 Å². The van der Waals surface area contributed by atoms with E-state index in [4.69, 9.17) is 5.73 Å². The van der Waals surface area contributed by atoms with E-state index in [0.717, 1.165) is 18.1 Å². The molecule has 0 atom stereocenters. The van der Waals surface area contributed by atoms with Crippen LogP contribution in [0.1, 0.15) is 30.4 Å². The van der Waals surface area contributed by atoms with Gasteiger partial charge >= 0.3 is 0 Å². The van der Waals surface area contributed by atoms with Gasteiger partial charge in [-0.2, -0.15) is 0 Å². The molecule has 0 aliphatic rings. The number of anilines is 2. The molecule has 0 aliphatic heterocycles. The van der Waals surface area contributed by atoms with Gasteiger partial charge in [-0.25, -0.2) is 0 Å². The van der Waals surface area contributed by atoms with Gasteiger partial charge in [0, 0.05) is 19.6 Å². The lowest BCUT2D eigenvalue weighted by Crippen LogP contribution is -2.22. The van der Waals surface area contributed by atoms with Crippen molar-refractivity contribution in [2.45, 2.75) is 20.8 Å². The highest BCUT2D eigenvalue weighted by atomic mass is 32.1. The Morgan fingerprint density at radius 1 is 1.44 bits per heavy atom. The normalized spacial score (nSPS) is 10.2. The molecule has 1 aromatic heterocycles. The van der Waals surface area contributed by atoms with Crippen molar-refractivity contribution in [2.75, 3.05) is 30.3 Å². The summed E-state index contributed by atoms with van der Waals surface area (Å²) in [7, 11) is 0. The average molecular weight is 241 g/mol. The first kappa shape index (κ1) is 12.8. The molecule has 0 radical (unpaired) electrons. The first-order chi connectivity index (χ1) is 7.63. The Hall–Kier alpha value is -1.23. The second kappa shape index (κ2) is 5.75. The van der Waals surface area contributed by atoms with Crippen LogP contribution in [0.4, 0.5) is 10.7 Å². The van der Waals surface area contributed by atoms with Crippen LogP contribution in [0.15, 0.2) is 6.07 Å². The summed E-state index contributed by atoms with van der Waals surface area (Å²) in [6.45, 7) is 8.54. The molecule has 16 heavy (non-hydrogen) atoms. The predicted molar refractivity (Wildman–Crippen MR) is 70.3 cm³/mol. The maximum Gasteiger partial charge on any atom is 0.263 e. The van der Waals surface area contributed by atoms with Crippen LogP contribution < -0.4 is 16.0 Å². The Morgan fingerprint density at radius 2 is 2.06 bits per heavy atom. The minimum absolute atomic E-state index is 0.0802. The fourth-order valence-corrected chi connectivity index (χ4v) is 2.62. The maximum absolute atomic E-state index is 11.7. The van der Waals surface area contributed by atoms with E-state index in [1.807, 2.05) is 13.0 Å². The SMILES string of the molecule is CCNC(=O)c1sc(N(CC)CC)cc1N. The smallest absolute Gasteiger partial charge is 0.263 e. The molecule has 1 heterocycles. The van der Waals surface area contributed by atoms with Gasteiger partial charge in [-0.1, -0.05) is 0 Å². The maximum atomic E-state index is 11.7. The van der Waals surface area contributed by atoms with E-state index >= 15 is 0 Å². The van der Waals surface area contributed by atoms with Crippen LogP contribution in [-0.4, -0.2) is 25.5 Å². The minimum Gasteiger partial charge on any atom is -0.397 e. The fourth-order valence-electron chi connectivity index (χ4n) is 1.50. The molecule has 1 rings (SSSR count). The quantitative estimate of drug-likeness (QED) is 0.828. The third kappa shape index (κ3) is 2.66. The van der Waals surface area contributed by atoms with Gasteiger partial charge in [0.15, 0.2) is 0 Å². The van der Waals surface area contributed by atoms with E-state index in [1.54, 1.807) is 0 Å². The number of hydrogen-bond acceptors (Lipinski definition) is 4. The van der Waals surface area contributed by atoms with Gasteiger partial charge in [0.1, 0.15) is 4.88 Å². The molecule has 4 nitrogen and oxygen atoms in total. The van der Waals surface area contributed by atoms with Crippen molar-refractivity contribution in [3.05, 3.63) is 10.9 Å². The Bertz CT molecular complexity index is 358. The minimum atomic E-state index is -0.0802. The molecule has 1 aromatic rings. The highest BCUT2D eigenvalue weighted by molar-refractivity contribution is 7.18. The summed E-state index contributed by atoms with van der Waals surface area (Å²) in [6.07, 6.45) is 0. The van der Waals surface area contributed by atoms with E-state index in [0.29, 0.717) is 17.1 Å². The number of amides is 1. The van der Waals surface area contributed by atoms with Crippen LogP contribution >= 0.6 is 11.3 Å². The Labute approximate surface area is 100 Å². The number of nitrogens with two attached hydrogens (primary N) is 1. The highest BCUT2D eigenvalue weighted by Gasteiger charge is 2.15. The fraction of sp³-hybridized carbons (Fsp3) is 0.545. The molecule has 0 saturated carbocycles. The first-order valence-corrected chi connectivity index (χ1v) is 6.38. The van der Waals surface area contributed by atoms with Gasteiger partial charge in [-0.05, 0) is 26.8 Å². The zero-order chi connectivity index (χ0) is 12.1. The van der Waals surface area contributed by atoms with Crippen molar-refractivity contribution < 1.29 is 4.79 Å². The summed E-state index contributed by atoms with van der Waals surface area (Å²) >= 11 is 1.45. The van der Waals surface area contributed by atoms with Gasteiger partial charge in [-0.15, -0.1) is 11.3 Å². The van der Waals surface area contributed by atoms with E-state index < -0.39 is 0 Å². The monoisotopic (exact) mass is 241 g/mol. The number of nitrogen functional groups attached to an aromatic ring is 1. The molecule has 0 spiro atoms. The second-order valence-corrected chi connectivity index (χ2v) is 4.43. The third-order valence-electron chi connectivity index (χ3n) is 2.37. The molecule has 0 bridgehead atoms. The lowest BCUT2D eigenvalue weighted by Gasteiger charge is -2.17. The van der Waals surface area contributed by atoms with Crippen molar-refractivity contribution >= 4 is 27.9 Å². The Balaban J connectivity index is 2.92.